The minimum atomic E-state index is -1.18. The van der Waals surface area contributed by atoms with Crippen LogP contribution < -0.4 is 27.4 Å². The van der Waals surface area contributed by atoms with Gasteiger partial charge in [-0.3, -0.25) is 19.2 Å². The minimum Gasteiger partial charge on any atom is -0.480 e. The lowest BCUT2D eigenvalue weighted by atomic mass is 10.0. The number of aromatic nitrogens is 1. The van der Waals surface area contributed by atoms with Crippen LogP contribution in [0.3, 0.4) is 0 Å². The van der Waals surface area contributed by atoms with Crippen LogP contribution in [0, 0.1) is 0 Å². The second kappa shape index (κ2) is 14.2. The Kier molecular flexibility index (Phi) is 11.4. The molecule has 0 radical (unpaired) electrons. The first-order chi connectivity index (χ1) is 17.5. The van der Waals surface area contributed by atoms with Crippen molar-refractivity contribution in [2.45, 2.75) is 56.8 Å². The molecule has 0 bridgehead atoms. The number of aliphatic carboxylic acids is 1. The fourth-order valence-corrected chi connectivity index (χ4v) is 4.08. The predicted octanol–water partition coefficient (Wildman–Crippen LogP) is -0.385. The van der Waals surface area contributed by atoms with Gasteiger partial charge < -0.3 is 37.5 Å². The number of H-pyrrole nitrogens is 1. The fourth-order valence-electron chi connectivity index (χ4n) is 3.61. The predicted molar refractivity (Wildman–Crippen MR) is 141 cm³/mol. The number of fused-ring (bicyclic) bond motifs is 1. The number of nitrogens with one attached hydrogen (secondary N) is 4. The van der Waals surface area contributed by atoms with E-state index in [2.05, 4.69) is 20.9 Å². The number of para-hydroxylation sites is 1. The number of aromatic amines is 1. The van der Waals surface area contributed by atoms with Gasteiger partial charge in [0.05, 0.1) is 6.04 Å². The number of amides is 4. The second-order valence-corrected chi connectivity index (χ2v) is 9.63. The van der Waals surface area contributed by atoms with E-state index in [1.54, 1.807) is 6.20 Å². The summed E-state index contributed by atoms with van der Waals surface area (Å²) in [5.74, 6) is -3.22. The van der Waals surface area contributed by atoms with Crippen molar-refractivity contribution in [1.29, 1.82) is 0 Å². The van der Waals surface area contributed by atoms with Gasteiger partial charge in [-0.25, -0.2) is 4.79 Å². The number of carboxylic acid groups (broad SMARTS) is 1. The molecule has 13 heteroatoms. The van der Waals surface area contributed by atoms with Crippen molar-refractivity contribution in [2.75, 3.05) is 12.0 Å². The van der Waals surface area contributed by atoms with Crippen LogP contribution in [0.25, 0.3) is 10.9 Å². The highest BCUT2D eigenvalue weighted by Gasteiger charge is 2.29. The summed E-state index contributed by atoms with van der Waals surface area (Å²) in [6.07, 6.45) is 3.79. The first kappa shape index (κ1) is 29.6. The molecule has 0 spiro atoms. The largest absolute Gasteiger partial charge is 0.480 e. The Balaban J connectivity index is 2.17. The average Bonchev–Trinajstić information content (AvgIpc) is 3.26. The Labute approximate surface area is 218 Å². The molecule has 4 amide bonds. The molecule has 1 heterocycles. The summed E-state index contributed by atoms with van der Waals surface area (Å²) in [4.78, 5) is 64.1. The molecular formula is C24H34N6O6S. The number of carbonyl (C=O) groups is 5. The zero-order valence-corrected chi connectivity index (χ0v) is 21.6. The SMILES string of the molecule is CSCCC(NC(=O)C(Cc1c[nH]c2ccccc12)NC(=O)C(C)NC(=O)C(N)CCC(N)=O)C(=O)O. The van der Waals surface area contributed by atoms with E-state index in [-0.39, 0.29) is 25.7 Å². The average molecular weight is 535 g/mol. The second-order valence-electron chi connectivity index (χ2n) is 8.65. The summed E-state index contributed by atoms with van der Waals surface area (Å²) in [6.45, 7) is 1.42. The van der Waals surface area contributed by atoms with Gasteiger partial charge in [-0.05, 0) is 43.4 Å². The molecule has 0 saturated heterocycles. The molecule has 1 aromatic carbocycles. The van der Waals surface area contributed by atoms with Crippen LogP contribution in [-0.4, -0.2) is 75.9 Å². The van der Waals surface area contributed by atoms with Gasteiger partial charge in [-0.1, -0.05) is 18.2 Å². The standard InChI is InChI=1S/C24H34N6O6S/c1-13(28-22(33)16(25)7-8-20(26)31)21(32)30-19(23(34)29-18(24(35)36)9-10-37-2)11-14-12-27-17-6-4-3-5-15(14)17/h3-6,12-13,16,18-19,27H,7-11,25H2,1-2H3,(H2,26,31)(H,28,33)(H,29,34)(H,30,32)(H,35,36). The fraction of sp³-hybridized carbons (Fsp3) is 0.458. The molecule has 0 aliphatic heterocycles. The summed E-state index contributed by atoms with van der Waals surface area (Å²) >= 11 is 1.45. The molecule has 202 valence electrons. The van der Waals surface area contributed by atoms with Gasteiger partial charge in [0.25, 0.3) is 0 Å². The van der Waals surface area contributed by atoms with Crippen LogP contribution >= 0.6 is 11.8 Å². The molecule has 2 rings (SSSR count). The van der Waals surface area contributed by atoms with Crippen LogP contribution in [0.1, 0.15) is 31.7 Å². The Morgan fingerprint density at radius 2 is 1.68 bits per heavy atom. The van der Waals surface area contributed by atoms with E-state index in [1.165, 1.54) is 18.7 Å². The van der Waals surface area contributed by atoms with Crippen molar-refractivity contribution in [3.8, 4) is 0 Å². The first-order valence-electron chi connectivity index (χ1n) is 11.7. The maximum Gasteiger partial charge on any atom is 0.326 e. The number of primary amides is 1. The molecule has 4 unspecified atom stereocenters. The van der Waals surface area contributed by atoms with Crippen molar-refractivity contribution in [1.82, 2.24) is 20.9 Å². The lowest BCUT2D eigenvalue weighted by Gasteiger charge is -2.24. The molecular weight excluding hydrogens is 500 g/mol. The van der Waals surface area contributed by atoms with E-state index >= 15 is 0 Å². The highest BCUT2D eigenvalue weighted by Crippen LogP contribution is 2.19. The van der Waals surface area contributed by atoms with E-state index in [4.69, 9.17) is 11.5 Å². The molecule has 12 nitrogen and oxygen atoms in total. The summed E-state index contributed by atoms with van der Waals surface area (Å²) in [5, 5.41) is 18.0. The van der Waals surface area contributed by atoms with Crippen molar-refractivity contribution < 1.29 is 29.1 Å². The van der Waals surface area contributed by atoms with Crippen molar-refractivity contribution in [3.05, 3.63) is 36.0 Å². The summed E-state index contributed by atoms with van der Waals surface area (Å²) in [6, 6.07) is 3.10. The summed E-state index contributed by atoms with van der Waals surface area (Å²) in [7, 11) is 0. The van der Waals surface area contributed by atoms with Crippen LogP contribution in [0.2, 0.25) is 0 Å². The number of carbonyl (C=O) groups excluding carboxylic acids is 4. The van der Waals surface area contributed by atoms with E-state index < -0.39 is 53.8 Å². The molecule has 0 fully saturated rings. The van der Waals surface area contributed by atoms with Gasteiger partial charge in [0.15, 0.2) is 0 Å². The number of carboxylic acids is 1. The number of thioether (sulfide) groups is 1. The first-order valence-corrected chi connectivity index (χ1v) is 13.1. The van der Waals surface area contributed by atoms with Crippen molar-refractivity contribution in [2.24, 2.45) is 11.5 Å². The minimum absolute atomic E-state index is 0.0216. The lowest BCUT2D eigenvalue weighted by molar-refractivity contribution is -0.142. The third-order valence-corrected chi connectivity index (χ3v) is 6.39. The van der Waals surface area contributed by atoms with Crippen LogP contribution in [0.15, 0.2) is 30.5 Å². The van der Waals surface area contributed by atoms with E-state index in [0.29, 0.717) is 5.75 Å². The smallest absolute Gasteiger partial charge is 0.326 e. The molecule has 4 atom stereocenters. The van der Waals surface area contributed by atoms with Gasteiger partial charge in [-0.15, -0.1) is 0 Å². The Morgan fingerprint density at radius 1 is 1.00 bits per heavy atom. The number of hydrogen-bond acceptors (Lipinski definition) is 7. The molecule has 2 aromatic rings. The zero-order chi connectivity index (χ0) is 27.5. The lowest BCUT2D eigenvalue weighted by Crippen LogP contribution is -2.57. The summed E-state index contributed by atoms with van der Waals surface area (Å²) < 4.78 is 0. The third kappa shape index (κ3) is 9.10. The van der Waals surface area contributed by atoms with E-state index in [0.717, 1.165) is 16.5 Å². The van der Waals surface area contributed by atoms with Crippen molar-refractivity contribution >= 4 is 52.3 Å². The van der Waals surface area contributed by atoms with Gasteiger partial charge in [-0.2, -0.15) is 11.8 Å². The molecule has 37 heavy (non-hydrogen) atoms. The molecule has 0 aliphatic rings. The Morgan fingerprint density at radius 3 is 2.32 bits per heavy atom. The van der Waals surface area contributed by atoms with Gasteiger partial charge in [0.1, 0.15) is 18.1 Å². The quantitative estimate of drug-likeness (QED) is 0.160. The maximum absolute atomic E-state index is 13.2. The third-order valence-electron chi connectivity index (χ3n) is 5.75. The van der Waals surface area contributed by atoms with Crippen LogP contribution in [-0.2, 0) is 30.4 Å². The van der Waals surface area contributed by atoms with Crippen molar-refractivity contribution in [3.63, 3.8) is 0 Å². The highest BCUT2D eigenvalue weighted by atomic mass is 32.2. The number of rotatable bonds is 15. The zero-order valence-electron chi connectivity index (χ0n) is 20.8. The molecule has 9 N–H and O–H groups in total. The van der Waals surface area contributed by atoms with Crippen LogP contribution in [0.5, 0.6) is 0 Å². The van der Waals surface area contributed by atoms with E-state index in [1.807, 2.05) is 30.5 Å². The number of nitrogens with two attached hydrogens (primary N) is 2. The monoisotopic (exact) mass is 534 g/mol. The molecule has 0 aliphatic carbocycles. The molecule has 0 saturated carbocycles. The van der Waals surface area contributed by atoms with Gasteiger partial charge in [0.2, 0.25) is 23.6 Å². The van der Waals surface area contributed by atoms with Gasteiger partial charge in [0, 0.05) is 29.9 Å². The Bertz CT molecular complexity index is 1120. The number of hydrogen-bond donors (Lipinski definition) is 7. The van der Waals surface area contributed by atoms with Gasteiger partial charge >= 0.3 is 5.97 Å². The Hall–Kier alpha value is -3.58. The van der Waals surface area contributed by atoms with E-state index in [9.17, 15) is 29.1 Å². The topological polar surface area (TPSA) is 210 Å². The molecule has 1 aromatic heterocycles. The maximum atomic E-state index is 13.2. The van der Waals surface area contributed by atoms with Crippen LogP contribution in [0.4, 0.5) is 0 Å². The number of benzene rings is 1. The highest BCUT2D eigenvalue weighted by molar-refractivity contribution is 7.98. The summed E-state index contributed by atoms with van der Waals surface area (Å²) in [5.41, 5.74) is 12.4. The normalized spacial score (nSPS) is 14.2.